The number of thioether (sulfide) groups is 1. The van der Waals surface area contributed by atoms with E-state index in [0.717, 1.165) is 41.8 Å². The predicted molar refractivity (Wildman–Crippen MR) is 120 cm³/mol. The van der Waals surface area contributed by atoms with Gasteiger partial charge in [0.15, 0.2) is 11.0 Å². The van der Waals surface area contributed by atoms with E-state index in [1.165, 1.54) is 23.9 Å². The maximum Gasteiger partial charge on any atom is 0.234 e. The molecule has 31 heavy (non-hydrogen) atoms. The van der Waals surface area contributed by atoms with E-state index in [2.05, 4.69) is 21.6 Å². The number of carbonyl (C=O) groups is 1. The van der Waals surface area contributed by atoms with Crippen LogP contribution < -0.4 is 5.32 Å². The second-order valence-electron chi connectivity index (χ2n) is 7.77. The monoisotopic (exact) mass is 440 g/mol. The fraction of sp³-hybridized carbons (Fsp3) is 0.348. The third-order valence-corrected chi connectivity index (χ3v) is 6.03. The van der Waals surface area contributed by atoms with E-state index in [9.17, 15) is 9.18 Å². The van der Waals surface area contributed by atoms with Crippen LogP contribution in [0, 0.1) is 19.7 Å². The standard InChI is InChI=1S/C23H25FN4O2S/c1-15-10-16(2)12-19(11-15)25-21(29)14-31-23-27-26-22(17-5-7-18(24)8-6-17)28(23)13-20-4-3-9-30-20/h5-8,10-12,20H,3-4,9,13-14H2,1-2H3,(H,25,29)/t20-/m0/s1. The molecule has 1 aliphatic heterocycles. The van der Waals surface area contributed by atoms with Crippen molar-refractivity contribution < 1.29 is 13.9 Å². The van der Waals surface area contributed by atoms with Gasteiger partial charge in [-0.2, -0.15) is 0 Å². The van der Waals surface area contributed by atoms with Crippen LogP contribution in [0.2, 0.25) is 0 Å². The minimum atomic E-state index is -0.299. The largest absolute Gasteiger partial charge is 0.376 e. The molecule has 3 aromatic rings. The van der Waals surface area contributed by atoms with Gasteiger partial charge in [-0.05, 0) is 74.2 Å². The first-order valence-corrected chi connectivity index (χ1v) is 11.3. The number of aromatic nitrogens is 3. The lowest BCUT2D eigenvalue weighted by atomic mass is 10.1. The molecule has 1 fully saturated rings. The number of carbonyl (C=O) groups excluding carboxylic acids is 1. The Kier molecular flexibility index (Phi) is 6.67. The fourth-order valence-corrected chi connectivity index (χ4v) is 4.49. The van der Waals surface area contributed by atoms with E-state index in [-0.39, 0.29) is 23.6 Å². The summed E-state index contributed by atoms with van der Waals surface area (Å²) in [6.45, 7) is 5.35. The van der Waals surface area contributed by atoms with Gasteiger partial charge >= 0.3 is 0 Å². The van der Waals surface area contributed by atoms with Crippen LogP contribution in [0.5, 0.6) is 0 Å². The first-order chi connectivity index (χ1) is 15.0. The Morgan fingerprint density at radius 1 is 1.19 bits per heavy atom. The Hall–Kier alpha value is -2.71. The van der Waals surface area contributed by atoms with Crippen LogP contribution in [-0.4, -0.2) is 39.1 Å². The molecule has 8 heteroatoms. The molecule has 1 amide bonds. The summed E-state index contributed by atoms with van der Waals surface area (Å²) in [6, 6.07) is 12.1. The van der Waals surface area contributed by atoms with Crippen molar-refractivity contribution in [2.45, 2.75) is 44.5 Å². The Labute approximate surface area is 185 Å². The smallest absolute Gasteiger partial charge is 0.234 e. The summed E-state index contributed by atoms with van der Waals surface area (Å²) < 4.78 is 21.1. The van der Waals surface area contributed by atoms with Gasteiger partial charge in [0.25, 0.3) is 0 Å². The van der Waals surface area contributed by atoms with Gasteiger partial charge in [0.1, 0.15) is 5.82 Å². The zero-order valence-corrected chi connectivity index (χ0v) is 18.4. The molecule has 0 bridgehead atoms. The average molecular weight is 441 g/mol. The summed E-state index contributed by atoms with van der Waals surface area (Å²) in [7, 11) is 0. The molecular formula is C23H25FN4O2S. The van der Waals surface area contributed by atoms with Crippen molar-refractivity contribution in [3.8, 4) is 11.4 Å². The van der Waals surface area contributed by atoms with Gasteiger partial charge in [0, 0.05) is 17.9 Å². The van der Waals surface area contributed by atoms with Crippen LogP contribution >= 0.6 is 11.8 Å². The Bertz CT molecular complexity index is 1040. The summed E-state index contributed by atoms with van der Waals surface area (Å²) >= 11 is 1.33. The third-order valence-electron chi connectivity index (χ3n) is 5.07. The van der Waals surface area contributed by atoms with E-state index in [1.807, 2.05) is 30.5 Å². The number of ether oxygens (including phenoxy) is 1. The summed E-state index contributed by atoms with van der Waals surface area (Å²) in [6.07, 6.45) is 2.08. The Balaban J connectivity index is 1.50. The molecule has 0 radical (unpaired) electrons. The summed E-state index contributed by atoms with van der Waals surface area (Å²) in [4.78, 5) is 12.5. The second-order valence-corrected chi connectivity index (χ2v) is 8.71. The van der Waals surface area contributed by atoms with Gasteiger partial charge in [-0.1, -0.05) is 17.8 Å². The number of amides is 1. The number of aryl methyl sites for hydroxylation is 2. The number of benzene rings is 2. The normalized spacial score (nSPS) is 15.9. The van der Waals surface area contributed by atoms with Crippen LogP contribution in [0.15, 0.2) is 47.6 Å². The topological polar surface area (TPSA) is 69.0 Å². The van der Waals surface area contributed by atoms with E-state index < -0.39 is 0 Å². The van der Waals surface area contributed by atoms with Crippen LogP contribution in [-0.2, 0) is 16.1 Å². The quantitative estimate of drug-likeness (QED) is 0.544. The molecule has 162 valence electrons. The van der Waals surface area contributed by atoms with Gasteiger partial charge in [-0.15, -0.1) is 10.2 Å². The summed E-state index contributed by atoms with van der Waals surface area (Å²) in [5, 5.41) is 12.2. The Morgan fingerprint density at radius 2 is 1.94 bits per heavy atom. The molecule has 4 rings (SSSR count). The summed E-state index contributed by atoms with van der Waals surface area (Å²) in [5.74, 6) is 0.449. The van der Waals surface area contributed by atoms with Crippen molar-refractivity contribution in [1.82, 2.24) is 14.8 Å². The number of hydrogen-bond donors (Lipinski definition) is 1. The van der Waals surface area contributed by atoms with Crippen LogP contribution in [0.3, 0.4) is 0 Å². The number of nitrogens with zero attached hydrogens (tertiary/aromatic N) is 3. The fourth-order valence-electron chi connectivity index (χ4n) is 3.74. The van der Waals surface area contributed by atoms with Crippen LogP contribution in [0.25, 0.3) is 11.4 Å². The predicted octanol–water partition coefficient (Wildman–Crippen LogP) is 4.61. The van der Waals surface area contributed by atoms with Crippen molar-refractivity contribution in [3.63, 3.8) is 0 Å². The molecule has 0 saturated carbocycles. The first-order valence-electron chi connectivity index (χ1n) is 10.3. The lowest BCUT2D eigenvalue weighted by Crippen LogP contribution is -2.18. The van der Waals surface area contributed by atoms with Gasteiger partial charge in [-0.3, -0.25) is 9.36 Å². The number of nitrogens with one attached hydrogen (secondary N) is 1. The lowest BCUT2D eigenvalue weighted by Gasteiger charge is -2.15. The third kappa shape index (κ3) is 5.51. The van der Waals surface area contributed by atoms with E-state index in [1.54, 1.807) is 12.1 Å². The maximum absolute atomic E-state index is 13.4. The zero-order chi connectivity index (χ0) is 21.8. The number of anilines is 1. The van der Waals surface area contributed by atoms with Crippen molar-refractivity contribution in [3.05, 3.63) is 59.4 Å². The highest BCUT2D eigenvalue weighted by Gasteiger charge is 2.22. The summed E-state index contributed by atoms with van der Waals surface area (Å²) in [5.41, 5.74) is 3.76. The average Bonchev–Trinajstić information content (AvgIpc) is 3.37. The number of rotatable bonds is 7. The van der Waals surface area contributed by atoms with Crippen LogP contribution in [0.1, 0.15) is 24.0 Å². The molecule has 0 unspecified atom stereocenters. The highest BCUT2D eigenvalue weighted by molar-refractivity contribution is 7.99. The highest BCUT2D eigenvalue weighted by atomic mass is 32.2. The van der Waals surface area contributed by atoms with Crippen molar-refractivity contribution in [2.75, 3.05) is 17.7 Å². The number of hydrogen-bond acceptors (Lipinski definition) is 5. The van der Waals surface area contributed by atoms with E-state index in [0.29, 0.717) is 17.5 Å². The highest BCUT2D eigenvalue weighted by Crippen LogP contribution is 2.27. The molecule has 0 spiro atoms. The molecule has 1 atom stereocenters. The van der Waals surface area contributed by atoms with Crippen molar-refractivity contribution in [1.29, 1.82) is 0 Å². The lowest BCUT2D eigenvalue weighted by molar-refractivity contribution is -0.113. The van der Waals surface area contributed by atoms with Gasteiger partial charge in [0.2, 0.25) is 5.91 Å². The second kappa shape index (κ2) is 9.62. The SMILES string of the molecule is Cc1cc(C)cc(NC(=O)CSc2nnc(-c3ccc(F)cc3)n2C[C@@H]2CCCO2)c1. The maximum atomic E-state index is 13.4. The zero-order valence-electron chi connectivity index (χ0n) is 17.6. The van der Waals surface area contributed by atoms with E-state index in [4.69, 9.17) is 4.74 Å². The molecule has 1 N–H and O–H groups in total. The minimum absolute atomic E-state index is 0.0821. The van der Waals surface area contributed by atoms with Crippen molar-refractivity contribution >= 4 is 23.4 Å². The van der Waals surface area contributed by atoms with E-state index >= 15 is 0 Å². The van der Waals surface area contributed by atoms with Gasteiger partial charge in [-0.25, -0.2) is 4.39 Å². The molecule has 0 aliphatic carbocycles. The molecule has 2 heterocycles. The van der Waals surface area contributed by atoms with Gasteiger partial charge < -0.3 is 10.1 Å². The van der Waals surface area contributed by atoms with Crippen LogP contribution in [0.4, 0.5) is 10.1 Å². The molecule has 2 aromatic carbocycles. The van der Waals surface area contributed by atoms with Gasteiger partial charge in [0.05, 0.1) is 18.4 Å². The molecular weight excluding hydrogens is 415 g/mol. The molecule has 1 aliphatic rings. The first kappa shape index (κ1) is 21.5. The molecule has 1 aromatic heterocycles. The molecule has 6 nitrogen and oxygen atoms in total. The minimum Gasteiger partial charge on any atom is -0.376 e. The Morgan fingerprint density at radius 3 is 2.61 bits per heavy atom. The number of halogens is 1. The van der Waals surface area contributed by atoms with Crippen molar-refractivity contribution in [2.24, 2.45) is 0 Å². The molecule has 1 saturated heterocycles.